The van der Waals surface area contributed by atoms with E-state index in [0.29, 0.717) is 5.56 Å². The van der Waals surface area contributed by atoms with Crippen LogP contribution < -0.4 is 0 Å². The van der Waals surface area contributed by atoms with E-state index in [9.17, 15) is 17.2 Å². The van der Waals surface area contributed by atoms with Crippen LogP contribution in [0.4, 0.5) is 8.78 Å². The van der Waals surface area contributed by atoms with Gasteiger partial charge in [-0.3, -0.25) is 0 Å². The molecule has 0 saturated carbocycles. The van der Waals surface area contributed by atoms with Crippen molar-refractivity contribution in [2.24, 2.45) is 0 Å². The number of hydrogen-bond donors (Lipinski definition) is 0. The molecule has 0 aliphatic rings. The fourth-order valence-electron chi connectivity index (χ4n) is 1.77. The first-order chi connectivity index (χ1) is 9.24. The first-order valence-electron chi connectivity index (χ1n) is 5.54. The average molecular weight is 318 g/mol. The number of aromatic nitrogens is 1. The predicted octanol–water partition coefficient (Wildman–Crippen LogP) is 3.22. The average Bonchev–Trinajstić information content (AvgIpc) is 2.25. The van der Waals surface area contributed by atoms with Gasteiger partial charge in [-0.25, -0.2) is 22.2 Å². The minimum absolute atomic E-state index is 0.0462. The van der Waals surface area contributed by atoms with Crippen LogP contribution in [0.1, 0.15) is 5.56 Å². The van der Waals surface area contributed by atoms with Crippen molar-refractivity contribution < 1.29 is 17.2 Å². The van der Waals surface area contributed by atoms with Crippen LogP contribution in [0.3, 0.4) is 0 Å². The molecule has 3 nitrogen and oxygen atoms in total. The second-order valence-corrected chi connectivity index (χ2v) is 6.91. The second-order valence-electron chi connectivity index (χ2n) is 4.38. The van der Waals surface area contributed by atoms with Crippen LogP contribution in [0.5, 0.6) is 0 Å². The van der Waals surface area contributed by atoms with Gasteiger partial charge in [0.25, 0.3) is 0 Å². The van der Waals surface area contributed by atoms with Crippen LogP contribution in [0.2, 0.25) is 5.15 Å². The number of benzene rings is 1. The maximum Gasteiger partial charge on any atom is 0.151 e. The summed E-state index contributed by atoms with van der Waals surface area (Å²) >= 11 is 5.81. The highest BCUT2D eigenvalue weighted by Crippen LogP contribution is 2.25. The standard InChI is InChI=1S/C13H10ClF2NO2S/c1-20(18,19)7-8-4-12(17-13(14)5-8)10-3-2-9(15)6-11(10)16/h2-6H,7H2,1H3. The molecule has 0 bridgehead atoms. The van der Waals surface area contributed by atoms with E-state index in [1.165, 1.54) is 18.2 Å². The first kappa shape index (κ1) is 14.9. The fourth-order valence-corrected chi connectivity index (χ4v) is 2.77. The lowest BCUT2D eigenvalue weighted by Gasteiger charge is -2.07. The zero-order chi connectivity index (χ0) is 14.9. The molecule has 0 atom stereocenters. The van der Waals surface area contributed by atoms with E-state index < -0.39 is 21.5 Å². The lowest BCUT2D eigenvalue weighted by Crippen LogP contribution is -2.02. The Labute approximate surface area is 120 Å². The highest BCUT2D eigenvalue weighted by molar-refractivity contribution is 7.89. The van der Waals surface area contributed by atoms with Gasteiger partial charge in [-0.2, -0.15) is 0 Å². The van der Waals surface area contributed by atoms with Gasteiger partial charge in [0.2, 0.25) is 0 Å². The van der Waals surface area contributed by atoms with Crippen molar-refractivity contribution in [1.82, 2.24) is 4.98 Å². The van der Waals surface area contributed by atoms with Gasteiger partial charge in [0.15, 0.2) is 9.84 Å². The number of sulfone groups is 1. The minimum atomic E-state index is -3.25. The van der Waals surface area contributed by atoms with E-state index in [1.54, 1.807) is 0 Å². The highest BCUT2D eigenvalue weighted by atomic mass is 35.5. The van der Waals surface area contributed by atoms with Gasteiger partial charge in [-0.1, -0.05) is 11.6 Å². The summed E-state index contributed by atoms with van der Waals surface area (Å²) in [6.07, 6.45) is 1.08. The minimum Gasteiger partial charge on any atom is -0.236 e. The predicted molar refractivity (Wildman–Crippen MR) is 73.1 cm³/mol. The SMILES string of the molecule is CS(=O)(=O)Cc1cc(Cl)nc(-c2ccc(F)cc2F)c1. The zero-order valence-corrected chi connectivity index (χ0v) is 12.0. The van der Waals surface area contributed by atoms with E-state index in [1.807, 2.05) is 0 Å². The van der Waals surface area contributed by atoms with E-state index >= 15 is 0 Å². The summed E-state index contributed by atoms with van der Waals surface area (Å²) in [6, 6.07) is 5.87. The van der Waals surface area contributed by atoms with Gasteiger partial charge >= 0.3 is 0 Å². The molecular weight excluding hydrogens is 308 g/mol. The number of nitrogens with zero attached hydrogens (tertiary/aromatic N) is 1. The molecule has 1 aromatic heterocycles. The Morgan fingerprint density at radius 3 is 2.50 bits per heavy atom. The van der Waals surface area contributed by atoms with Crippen LogP contribution in [-0.2, 0) is 15.6 Å². The molecule has 7 heteroatoms. The van der Waals surface area contributed by atoms with Crippen LogP contribution >= 0.6 is 11.6 Å². The molecule has 0 radical (unpaired) electrons. The molecule has 1 aromatic carbocycles. The molecule has 1 heterocycles. The number of pyridine rings is 1. The highest BCUT2D eigenvalue weighted by Gasteiger charge is 2.12. The maximum absolute atomic E-state index is 13.7. The number of rotatable bonds is 3. The van der Waals surface area contributed by atoms with Crippen LogP contribution in [0, 0.1) is 11.6 Å². The van der Waals surface area contributed by atoms with Gasteiger partial charge in [0.05, 0.1) is 11.4 Å². The summed E-state index contributed by atoms with van der Waals surface area (Å²) in [5, 5.41) is 0.0462. The molecule has 0 amide bonds. The van der Waals surface area contributed by atoms with E-state index in [2.05, 4.69) is 4.98 Å². The van der Waals surface area contributed by atoms with E-state index in [0.717, 1.165) is 18.4 Å². The van der Waals surface area contributed by atoms with E-state index in [4.69, 9.17) is 11.6 Å². The molecule has 0 aliphatic heterocycles. The van der Waals surface area contributed by atoms with Crippen molar-refractivity contribution in [3.8, 4) is 11.3 Å². The number of hydrogen-bond acceptors (Lipinski definition) is 3. The van der Waals surface area contributed by atoms with Crippen molar-refractivity contribution in [3.05, 3.63) is 52.7 Å². The topological polar surface area (TPSA) is 47.0 Å². The molecule has 0 fully saturated rings. The van der Waals surface area contributed by atoms with Crippen molar-refractivity contribution in [2.45, 2.75) is 5.75 Å². The molecule has 20 heavy (non-hydrogen) atoms. The third-order valence-electron chi connectivity index (χ3n) is 2.49. The summed E-state index contributed by atoms with van der Waals surface area (Å²) in [6.45, 7) is 0. The molecule has 2 aromatic rings. The lowest BCUT2D eigenvalue weighted by atomic mass is 10.1. The van der Waals surface area contributed by atoms with Gasteiger partial charge in [0.1, 0.15) is 16.8 Å². The third-order valence-corrected chi connectivity index (χ3v) is 3.54. The molecule has 106 valence electrons. The second kappa shape index (κ2) is 5.46. The van der Waals surface area contributed by atoms with Crippen LogP contribution in [0.25, 0.3) is 11.3 Å². The van der Waals surface area contributed by atoms with Crippen molar-refractivity contribution >= 4 is 21.4 Å². The Morgan fingerprint density at radius 2 is 1.90 bits per heavy atom. The lowest BCUT2D eigenvalue weighted by molar-refractivity contribution is 0.585. The fraction of sp³-hybridized carbons (Fsp3) is 0.154. The van der Waals surface area contributed by atoms with Gasteiger partial charge in [0, 0.05) is 17.9 Å². The largest absolute Gasteiger partial charge is 0.236 e. The summed E-state index contributed by atoms with van der Waals surface area (Å²) in [4.78, 5) is 3.93. The molecule has 2 rings (SSSR count). The Bertz CT molecular complexity index is 763. The smallest absolute Gasteiger partial charge is 0.151 e. The van der Waals surface area contributed by atoms with Gasteiger partial charge in [-0.05, 0) is 29.8 Å². The van der Waals surface area contributed by atoms with Crippen LogP contribution in [0.15, 0.2) is 30.3 Å². The summed E-state index contributed by atoms with van der Waals surface area (Å²) in [5.41, 5.74) is 0.614. The Kier molecular flexibility index (Phi) is 4.06. The van der Waals surface area contributed by atoms with Crippen molar-refractivity contribution in [3.63, 3.8) is 0 Å². The molecule has 0 N–H and O–H groups in total. The Balaban J connectivity index is 2.52. The van der Waals surface area contributed by atoms with Gasteiger partial charge in [-0.15, -0.1) is 0 Å². The molecule has 0 saturated heterocycles. The third kappa shape index (κ3) is 3.74. The molecular formula is C13H10ClF2NO2S. The summed E-state index contributed by atoms with van der Waals surface area (Å²) in [7, 11) is -3.25. The monoisotopic (exact) mass is 317 g/mol. The quantitative estimate of drug-likeness (QED) is 0.817. The Morgan fingerprint density at radius 1 is 1.20 bits per heavy atom. The zero-order valence-electron chi connectivity index (χ0n) is 10.4. The van der Waals surface area contributed by atoms with Crippen LogP contribution in [-0.4, -0.2) is 19.7 Å². The number of halogens is 3. The van der Waals surface area contributed by atoms with E-state index in [-0.39, 0.29) is 22.2 Å². The molecule has 0 unspecified atom stereocenters. The summed E-state index contributed by atoms with van der Waals surface area (Å²) < 4.78 is 49.1. The Hall–Kier alpha value is -1.53. The van der Waals surface area contributed by atoms with Gasteiger partial charge < -0.3 is 0 Å². The van der Waals surface area contributed by atoms with Crippen molar-refractivity contribution in [1.29, 1.82) is 0 Å². The maximum atomic E-state index is 13.7. The molecule has 0 spiro atoms. The van der Waals surface area contributed by atoms with Crippen molar-refractivity contribution in [2.75, 3.05) is 6.26 Å². The first-order valence-corrected chi connectivity index (χ1v) is 7.98. The normalized spacial score (nSPS) is 11.6. The summed E-state index contributed by atoms with van der Waals surface area (Å²) in [5.74, 6) is -1.72. The molecule has 0 aliphatic carbocycles.